The van der Waals surface area contributed by atoms with Crippen LogP contribution in [-0.2, 0) is 0 Å². The molecule has 2 rings (SSSR count). The number of rotatable bonds is 2. The van der Waals surface area contributed by atoms with Crippen LogP contribution in [0.1, 0.15) is 6.42 Å². The second-order valence-electron chi connectivity index (χ2n) is 2.97. The molecule has 0 bridgehead atoms. The van der Waals surface area contributed by atoms with E-state index in [4.69, 9.17) is 0 Å². The van der Waals surface area contributed by atoms with Crippen molar-refractivity contribution in [2.24, 2.45) is 0 Å². The molecule has 2 heterocycles. The molecule has 0 spiro atoms. The van der Waals surface area contributed by atoms with Crippen molar-refractivity contribution < 1.29 is 4.92 Å². The van der Waals surface area contributed by atoms with Gasteiger partial charge in [0.1, 0.15) is 0 Å². The smallest absolute Gasteiger partial charge is 0.363 e. The lowest BCUT2D eigenvalue weighted by Crippen LogP contribution is -2.36. The Morgan fingerprint density at radius 2 is 2.23 bits per heavy atom. The lowest BCUT2D eigenvalue weighted by atomic mass is 10.2. The Morgan fingerprint density at radius 3 is 2.62 bits per heavy atom. The highest BCUT2D eigenvalue weighted by Crippen LogP contribution is 2.20. The summed E-state index contributed by atoms with van der Waals surface area (Å²) in [6.07, 6.45) is 2.74. The molecule has 1 aliphatic rings. The number of nitrogens with zero attached hydrogens (tertiary/aromatic N) is 3. The Labute approximate surface area is 75.2 Å². The zero-order valence-corrected chi connectivity index (χ0v) is 7.01. The summed E-state index contributed by atoms with van der Waals surface area (Å²) in [6, 6.07) is 3.18. The highest BCUT2D eigenvalue weighted by Gasteiger charge is 2.16. The number of nitro groups is 1. The maximum Gasteiger partial charge on any atom is 0.363 e. The maximum atomic E-state index is 10.3. The van der Waals surface area contributed by atoms with Gasteiger partial charge < -0.3 is 15.0 Å². The van der Waals surface area contributed by atoms with Gasteiger partial charge in [-0.2, -0.15) is 0 Å². The van der Waals surface area contributed by atoms with Crippen molar-refractivity contribution in [3.63, 3.8) is 0 Å². The summed E-state index contributed by atoms with van der Waals surface area (Å²) >= 11 is 0. The van der Waals surface area contributed by atoms with Crippen LogP contribution in [0.3, 0.4) is 0 Å². The molecule has 0 aromatic carbocycles. The van der Waals surface area contributed by atoms with E-state index in [9.17, 15) is 10.1 Å². The summed E-state index contributed by atoms with van der Waals surface area (Å²) < 4.78 is 0. The largest absolute Gasteiger partial charge is 0.368 e. The van der Waals surface area contributed by atoms with Gasteiger partial charge in [-0.1, -0.05) is 0 Å². The molecule has 0 unspecified atom stereocenters. The quantitative estimate of drug-likeness (QED) is 0.505. The molecule has 1 fully saturated rings. The van der Waals surface area contributed by atoms with E-state index in [2.05, 4.69) is 9.88 Å². The van der Waals surface area contributed by atoms with E-state index in [-0.39, 0.29) is 5.82 Å². The molecule has 5 nitrogen and oxygen atoms in total. The van der Waals surface area contributed by atoms with E-state index in [1.165, 1.54) is 12.5 Å². The second kappa shape index (κ2) is 3.01. The minimum Gasteiger partial charge on any atom is -0.368 e. The molecule has 0 aliphatic carbocycles. The molecular weight excluding hydrogens is 170 g/mol. The second-order valence-corrected chi connectivity index (χ2v) is 2.97. The summed E-state index contributed by atoms with van der Waals surface area (Å²) in [5.74, 6) is -0.0933. The summed E-state index contributed by atoms with van der Waals surface area (Å²) in [5, 5.41) is 10.3. The molecule has 68 valence electrons. The number of aromatic nitrogens is 1. The molecule has 0 saturated carbocycles. The highest BCUT2D eigenvalue weighted by molar-refractivity contribution is 5.48. The first-order valence-electron chi connectivity index (χ1n) is 4.13. The third-order valence-electron chi connectivity index (χ3n) is 2.14. The lowest BCUT2D eigenvalue weighted by Gasteiger charge is -2.31. The lowest BCUT2D eigenvalue weighted by molar-refractivity contribution is -0.389. The Bertz CT molecular complexity index is 319. The van der Waals surface area contributed by atoms with Crippen molar-refractivity contribution in [1.82, 2.24) is 4.98 Å². The molecule has 1 saturated heterocycles. The van der Waals surface area contributed by atoms with E-state index < -0.39 is 4.92 Å². The van der Waals surface area contributed by atoms with Crippen LogP contribution >= 0.6 is 0 Å². The average Bonchev–Trinajstić information content (AvgIpc) is 2.02. The van der Waals surface area contributed by atoms with Gasteiger partial charge in [-0.05, 0) is 22.4 Å². The van der Waals surface area contributed by atoms with Gasteiger partial charge in [0.25, 0.3) is 0 Å². The number of hydrogen-bond acceptors (Lipinski definition) is 4. The van der Waals surface area contributed by atoms with E-state index in [0.717, 1.165) is 18.8 Å². The Hall–Kier alpha value is -1.65. The normalized spacial score (nSPS) is 15.2. The Kier molecular flexibility index (Phi) is 1.84. The van der Waals surface area contributed by atoms with Crippen molar-refractivity contribution in [3.8, 4) is 0 Å². The van der Waals surface area contributed by atoms with Gasteiger partial charge in [0.15, 0.2) is 6.20 Å². The van der Waals surface area contributed by atoms with E-state index >= 15 is 0 Å². The molecular formula is C8H9N3O2. The van der Waals surface area contributed by atoms with Crippen LogP contribution < -0.4 is 4.90 Å². The molecule has 13 heavy (non-hydrogen) atoms. The third kappa shape index (κ3) is 1.44. The predicted octanol–water partition coefficient (Wildman–Crippen LogP) is 1.20. The fraction of sp³-hybridized carbons (Fsp3) is 0.375. The van der Waals surface area contributed by atoms with Crippen LogP contribution in [0.5, 0.6) is 0 Å². The van der Waals surface area contributed by atoms with Gasteiger partial charge in [-0.3, -0.25) is 0 Å². The fourth-order valence-electron chi connectivity index (χ4n) is 1.25. The summed E-state index contributed by atoms with van der Waals surface area (Å²) in [5.41, 5.74) is 0.969. The van der Waals surface area contributed by atoms with Crippen molar-refractivity contribution in [1.29, 1.82) is 0 Å². The molecule has 0 radical (unpaired) electrons. The average molecular weight is 179 g/mol. The van der Waals surface area contributed by atoms with Gasteiger partial charge in [-0.15, -0.1) is 0 Å². The number of hydrogen-bond donors (Lipinski definition) is 0. The monoisotopic (exact) mass is 179 g/mol. The van der Waals surface area contributed by atoms with Crippen LogP contribution in [-0.4, -0.2) is 23.0 Å². The van der Waals surface area contributed by atoms with Gasteiger partial charge in [0.2, 0.25) is 0 Å². The molecule has 1 aromatic heterocycles. The zero-order valence-electron chi connectivity index (χ0n) is 7.01. The standard InChI is InChI=1S/C8H9N3O2/c12-11(13)8-3-2-7(6-9-8)10-4-1-5-10/h2-3,6H,1,4-5H2. The maximum absolute atomic E-state index is 10.3. The van der Waals surface area contributed by atoms with E-state index in [1.807, 2.05) is 0 Å². The molecule has 1 aliphatic heterocycles. The Morgan fingerprint density at radius 1 is 1.46 bits per heavy atom. The molecule has 0 amide bonds. The highest BCUT2D eigenvalue weighted by atomic mass is 16.6. The van der Waals surface area contributed by atoms with Crippen LogP contribution in [0.25, 0.3) is 0 Å². The first-order chi connectivity index (χ1) is 6.27. The van der Waals surface area contributed by atoms with Crippen molar-refractivity contribution in [2.75, 3.05) is 18.0 Å². The van der Waals surface area contributed by atoms with Gasteiger partial charge in [-0.25, -0.2) is 0 Å². The SMILES string of the molecule is O=[N+]([O-])c1ccc(N2CCC2)cn1. The van der Waals surface area contributed by atoms with Gasteiger partial charge in [0.05, 0.1) is 5.69 Å². The molecule has 0 atom stereocenters. The number of anilines is 1. The third-order valence-corrected chi connectivity index (χ3v) is 2.14. The molecule has 1 aromatic rings. The zero-order chi connectivity index (χ0) is 9.26. The molecule has 5 heteroatoms. The molecule has 0 N–H and O–H groups in total. The minimum atomic E-state index is -0.486. The summed E-state index contributed by atoms with van der Waals surface area (Å²) in [4.78, 5) is 15.7. The van der Waals surface area contributed by atoms with Crippen molar-refractivity contribution >= 4 is 11.5 Å². The van der Waals surface area contributed by atoms with E-state index in [1.54, 1.807) is 12.3 Å². The van der Waals surface area contributed by atoms with Crippen molar-refractivity contribution in [3.05, 3.63) is 28.4 Å². The van der Waals surface area contributed by atoms with Gasteiger partial charge in [0, 0.05) is 19.2 Å². The first-order valence-corrected chi connectivity index (χ1v) is 4.13. The summed E-state index contributed by atoms with van der Waals surface area (Å²) in [7, 11) is 0. The Balaban J connectivity index is 2.17. The van der Waals surface area contributed by atoms with Crippen LogP contribution in [0, 0.1) is 10.1 Å². The van der Waals surface area contributed by atoms with Crippen LogP contribution in [0.4, 0.5) is 11.5 Å². The summed E-state index contributed by atoms with van der Waals surface area (Å²) in [6.45, 7) is 2.05. The predicted molar refractivity (Wildman–Crippen MR) is 47.7 cm³/mol. The number of pyridine rings is 1. The van der Waals surface area contributed by atoms with Crippen LogP contribution in [0.15, 0.2) is 18.3 Å². The fourth-order valence-corrected chi connectivity index (χ4v) is 1.25. The first kappa shape index (κ1) is 7.97. The van der Waals surface area contributed by atoms with Crippen molar-refractivity contribution in [2.45, 2.75) is 6.42 Å². The van der Waals surface area contributed by atoms with Gasteiger partial charge >= 0.3 is 5.82 Å². The van der Waals surface area contributed by atoms with Crippen LogP contribution in [0.2, 0.25) is 0 Å². The van der Waals surface area contributed by atoms with E-state index in [0.29, 0.717) is 0 Å². The minimum absolute atomic E-state index is 0.0933. The topological polar surface area (TPSA) is 59.3 Å².